The van der Waals surface area contributed by atoms with E-state index in [-0.39, 0.29) is 17.9 Å². The predicted molar refractivity (Wildman–Crippen MR) is 106 cm³/mol. The van der Waals surface area contributed by atoms with Crippen molar-refractivity contribution in [2.75, 3.05) is 0 Å². The Morgan fingerprint density at radius 2 is 1.85 bits per heavy atom. The van der Waals surface area contributed by atoms with Crippen molar-refractivity contribution in [3.05, 3.63) is 76.9 Å². The Hall–Kier alpha value is -2.88. The molecule has 0 bridgehead atoms. The zero-order valence-corrected chi connectivity index (χ0v) is 15.8. The van der Waals surface area contributed by atoms with Crippen LogP contribution in [-0.2, 0) is 28.9 Å². The van der Waals surface area contributed by atoms with E-state index in [1.165, 1.54) is 12.5 Å². The first-order valence-corrected chi connectivity index (χ1v) is 9.40. The molecule has 1 amide bonds. The molecular weight excluding hydrogens is 338 g/mol. The van der Waals surface area contributed by atoms with Gasteiger partial charge in [-0.1, -0.05) is 49.4 Å². The van der Waals surface area contributed by atoms with E-state index in [0.717, 1.165) is 42.4 Å². The van der Waals surface area contributed by atoms with E-state index in [9.17, 15) is 9.59 Å². The first-order valence-electron chi connectivity index (χ1n) is 9.40. The highest BCUT2D eigenvalue weighted by molar-refractivity contribution is 5.91. The number of hydrogen-bond acceptors (Lipinski definition) is 3. The van der Waals surface area contributed by atoms with Crippen molar-refractivity contribution in [2.45, 2.75) is 45.6 Å². The van der Waals surface area contributed by atoms with E-state index >= 15 is 0 Å². The van der Waals surface area contributed by atoms with Crippen LogP contribution in [0.2, 0.25) is 0 Å². The molecule has 0 spiro atoms. The van der Waals surface area contributed by atoms with E-state index in [2.05, 4.69) is 23.5 Å². The standard InChI is InChI=1S/C23H25NO3/c1-3-19-11-9-18(14-22(19)27-16(2)25)10-12-20-15-23(26)24-21(20)13-17-7-5-4-6-8-17/h4-9,11,14-15,21H,3,10,12-13H2,1-2H3,(H,24,26)/t21-/m0/s1. The molecular formula is C23H25NO3. The SMILES string of the molecule is CCc1ccc(CCC2=CC(=O)N[C@H]2Cc2ccccc2)cc1OC(C)=O. The molecule has 1 aliphatic heterocycles. The molecule has 140 valence electrons. The molecule has 0 radical (unpaired) electrons. The molecule has 2 aromatic carbocycles. The molecule has 0 saturated carbocycles. The number of amides is 1. The molecule has 1 heterocycles. The zero-order valence-electron chi connectivity index (χ0n) is 15.8. The largest absolute Gasteiger partial charge is 0.426 e. The third kappa shape index (κ3) is 5.07. The molecule has 1 atom stereocenters. The van der Waals surface area contributed by atoms with Crippen LogP contribution >= 0.6 is 0 Å². The average Bonchev–Trinajstić information content (AvgIpc) is 2.99. The van der Waals surface area contributed by atoms with Gasteiger partial charge in [-0.3, -0.25) is 9.59 Å². The molecule has 0 aliphatic carbocycles. The third-order valence-electron chi connectivity index (χ3n) is 4.83. The van der Waals surface area contributed by atoms with Crippen LogP contribution in [0.3, 0.4) is 0 Å². The summed E-state index contributed by atoms with van der Waals surface area (Å²) in [7, 11) is 0. The van der Waals surface area contributed by atoms with Crippen LogP contribution in [0.4, 0.5) is 0 Å². The fourth-order valence-corrected chi connectivity index (χ4v) is 3.44. The lowest BCUT2D eigenvalue weighted by molar-refractivity contribution is -0.132. The topological polar surface area (TPSA) is 55.4 Å². The fraction of sp³-hybridized carbons (Fsp3) is 0.304. The van der Waals surface area contributed by atoms with Gasteiger partial charge in [-0.25, -0.2) is 0 Å². The number of hydrogen-bond donors (Lipinski definition) is 1. The van der Waals surface area contributed by atoms with Crippen molar-refractivity contribution in [1.29, 1.82) is 0 Å². The molecule has 1 N–H and O–H groups in total. The number of benzene rings is 2. The predicted octanol–water partition coefficient (Wildman–Crippen LogP) is 3.77. The van der Waals surface area contributed by atoms with Crippen molar-refractivity contribution in [2.24, 2.45) is 0 Å². The Morgan fingerprint density at radius 1 is 1.07 bits per heavy atom. The van der Waals surface area contributed by atoms with Gasteiger partial charge in [-0.15, -0.1) is 0 Å². The van der Waals surface area contributed by atoms with Gasteiger partial charge < -0.3 is 10.1 Å². The Kier molecular flexibility index (Phi) is 6.07. The van der Waals surface area contributed by atoms with Gasteiger partial charge in [-0.05, 0) is 54.0 Å². The summed E-state index contributed by atoms with van der Waals surface area (Å²) in [6, 6.07) is 16.3. The maximum atomic E-state index is 11.9. The highest BCUT2D eigenvalue weighted by Crippen LogP contribution is 2.25. The van der Waals surface area contributed by atoms with Crippen LogP contribution in [0.25, 0.3) is 0 Å². The summed E-state index contributed by atoms with van der Waals surface area (Å²) in [4.78, 5) is 23.2. The molecule has 0 fully saturated rings. The Balaban J connectivity index is 1.68. The lowest BCUT2D eigenvalue weighted by atomic mass is 9.95. The third-order valence-corrected chi connectivity index (χ3v) is 4.83. The second kappa shape index (κ2) is 8.67. The van der Waals surface area contributed by atoms with E-state index in [4.69, 9.17) is 4.74 Å². The number of aryl methyl sites for hydroxylation is 2. The number of carbonyl (C=O) groups excluding carboxylic acids is 2. The van der Waals surface area contributed by atoms with Crippen LogP contribution in [0.1, 0.15) is 37.0 Å². The average molecular weight is 363 g/mol. The van der Waals surface area contributed by atoms with Gasteiger partial charge in [0, 0.05) is 13.0 Å². The molecule has 4 nitrogen and oxygen atoms in total. The first kappa shape index (κ1) is 18.9. The van der Waals surface area contributed by atoms with Crippen molar-refractivity contribution >= 4 is 11.9 Å². The van der Waals surface area contributed by atoms with Gasteiger partial charge in [0.1, 0.15) is 5.75 Å². The monoisotopic (exact) mass is 363 g/mol. The van der Waals surface area contributed by atoms with Gasteiger partial charge in [0.25, 0.3) is 0 Å². The quantitative estimate of drug-likeness (QED) is 0.602. The van der Waals surface area contributed by atoms with Crippen LogP contribution in [0, 0.1) is 0 Å². The minimum absolute atomic E-state index is 0.0205. The summed E-state index contributed by atoms with van der Waals surface area (Å²) in [5, 5.41) is 3.04. The number of carbonyl (C=O) groups is 2. The van der Waals surface area contributed by atoms with E-state index in [0.29, 0.717) is 5.75 Å². The van der Waals surface area contributed by atoms with Crippen LogP contribution < -0.4 is 10.1 Å². The van der Waals surface area contributed by atoms with Gasteiger partial charge in [0.2, 0.25) is 5.91 Å². The summed E-state index contributed by atoms with van der Waals surface area (Å²) in [6.45, 7) is 3.46. The summed E-state index contributed by atoms with van der Waals surface area (Å²) in [5.74, 6) is 0.309. The summed E-state index contributed by atoms with van der Waals surface area (Å²) in [6.07, 6.45) is 4.92. The normalized spacial score (nSPS) is 16.0. The number of nitrogens with one attached hydrogen (secondary N) is 1. The van der Waals surface area contributed by atoms with Crippen molar-refractivity contribution < 1.29 is 14.3 Å². The Bertz CT molecular complexity index is 855. The minimum atomic E-state index is -0.307. The van der Waals surface area contributed by atoms with Crippen molar-refractivity contribution in [1.82, 2.24) is 5.32 Å². The lowest BCUT2D eigenvalue weighted by Crippen LogP contribution is -2.30. The van der Waals surface area contributed by atoms with Gasteiger partial charge in [0.15, 0.2) is 0 Å². The smallest absolute Gasteiger partial charge is 0.308 e. The van der Waals surface area contributed by atoms with Crippen LogP contribution in [-0.4, -0.2) is 17.9 Å². The second-order valence-electron chi connectivity index (χ2n) is 6.86. The van der Waals surface area contributed by atoms with E-state index in [1.807, 2.05) is 37.3 Å². The van der Waals surface area contributed by atoms with Crippen molar-refractivity contribution in [3.63, 3.8) is 0 Å². The Labute approximate surface area is 160 Å². The molecule has 3 rings (SSSR count). The summed E-state index contributed by atoms with van der Waals surface area (Å²) in [5.41, 5.74) is 4.45. The lowest BCUT2D eigenvalue weighted by Gasteiger charge is -2.16. The van der Waals surface area contributed by atoms with E-state index < -0.39 is 0 Å². The minimum Gasteiger partial charge on any atom is -0.426 e. The molecule has 27 heavy (non-hydrogen) atoms. The summed E-state index contributed by atoms with van der Waals surface area (Å²) >= 11 is 0. The maximum absolute atomic E-state index is 11.9. The highest BCUT2D eigenvalue weighted by atomic mass is 16.5. The second-order valence-corrected chi connectivity index (χ2v) is 6.86. The van der Waals surface area contributed by atoms with Crippen LogP contribution in [0.15, 0.2) is 60.2 Å². The fourth-order valence-electron chi connectivity index (χ4n) is 3.44. The molecule has 0 unspecified atom stereocenters. The number of esters is 1. The Morgan fingerprint density at radius 3 is 2.56 bits per heavy atom. The molecule has 0 saturated heterocycles. The zero-order chi connectivity index (χ0) is 19.2. The molecule has 1 aliphatic rings. The molecule has 4 heteroatoms. The van der Waals surface area contributed by atoms with Gasteiger partial charge in [-0.2, -0.15) is 0 Å². The summed E-state index contributed by atoms with van der Waals surface area (Å²) < 4.78 is 5.35. The number of ether oxygens (including phenoxy) is 1. The molecule has 2 aromatic rings. The molecule has 0 aromatic heterocycles. The first-order chi connectivity index (χ1) is 13.0. The van der Waals surface area contributed by atoms with Gasteiger partial charge in [0.05, 0.1) is 6.04 Å². The van der Waals surface area contributed by atoms with Gasteiger partial charge >= 0.3 is 5.97 Å². The van der Waals surface area contributed by atoms with Crippen molar-refractivity contribution in [3.8, 4) is 5.75 Å². The van der Waals surface area contributed by atoms with Crippen LogP contribution in [0.5, 0.6) is 5.75 Å². The number of rotatable bonds is 7. The van der Waals surface area contributed by atoms with E-state index in [1.54, 1.807) is 6.08 Å². The highest BCUT2D eigenvalue weighted by Gasteiger charge is 2.23. The maximum Gasteiger partial charge on any atom is 0.308 e.